The molecule has 0 aromatic carbocycles. The molecule has 18 heavy (non-hydrogen) atoms. The predicted octanol–water partition coefficient (Wildman–Crippen LogP) is 2.33. The molecule has 0 aliphatic carbocycles. The Morgan fingerprint density at radius 3 is 2.78 bits per heavy atom. The Labute approximate surface area is 119 Å². The highest BCUT2D eigenvalue weighted by atomic mass is 35.5. The van der Waals surface area contributed by atoms with Crippen molar-refractivity contribution < 1.29 is 4.79 Å². The van der Waals surface area contributed by atoms with Crippen molar-refractivity contribution in [1.82, 2.24) is 9.88 Å². The number of hydrogen-bond acceptors (Lipinski definition) is 4. The van der Waals surface area contributed by atoms with E-state index in [2.05, 4.69) is 11.9 Å². The molecule has 1 amide bonds. The first-order chi connectivity index (χ1) is 8.22. The van der Waals surface area contributed by atoms with Crippen LogP contribution in [0.2, 0.25) is 0 Å². The molecule has 4 nitrogen and oxygen atoms in total. The van der Waals surface area contributed by atoms with E-state index in [9.17, 15) is 4.79 Å². The topological polar surface area (TPSA) is 59.2 Å². The van der Waals surface area contributed by atoms with Gasteiger partial charge in [0.25, 0.3) is 5.91 Å². The second kappa shape index (κ2) is 9.30. The van der Waals surface area contributed by atoms with Crippen molar-refractivity contribution in [3.63, 3.8) is 0 Å². The summed E-state index contributed by atoms with van der Waals surface area (Å²) < 4.78 is 0. The van der Waals surface area contributed by atoms with Gasteiger partial charge in [-0.1, -0.05) is 13.3 Å². The molecule has 1 aromatic rings. The highest BCUT2D eigenvalue weighted by molar-refractivity contribution is 7.09. The summed E-state index contributed by atoms with van der Waals surface area (Å²) in [5.74, 6) is 0.0421. The first-order valence-electron chi connectivity index (χ1n) is 6.16. The van der Waals surface area contributed by atoms with Crippen LogP contribution in [0.5, 0.6) is 0 Å². The number of nitrogens with two attached hydrogens (primary N) is 1. The van der Waals surface area contributed by atoms with E-state index in [1.54, 1.807) is 0 Å². The molecule has 1 heterocycles. The number of thiazole rings is 1. The molecule has 0 aliphatic heterocycles. The number of unbranched alkanes of at least 4 members (excludes halogenated alkanes) is 1. The zero-order valence-electron chi connectivity index (χ0n) is 11.0. The van der Waals surface area contributed by atoms with Crippen LogP contribution in [0.4, 0.5) is 0 Å². The lowest BCUT2D eigenvalue weighted by molar-refractivity contribution is 0.0757. The van der Waals surface area contributed by atoms with E-state index in [0.29, 0.717) is 12.2 Å². The van der Waals surface area contributed by atoms with Crippen molar-refractivity contribution in [2.24, 2.45) is 5.73 Å². The first-order valence-corrected chi connectivity index (χ1v) is 7.04. The number of carbonyl (C=O) groups excluding carboxylic acids is 1. The molecule has 0 aliphatic rings. The fourth-order valence-corrected chi connectivity index (χ4v) is 2.35. The maximum atomic E-state index is 12.1. The maximum absolute atomic E-state index is 12.1. The highest BCUT2D eigenvalue weighted by Crippen LogP contribution is 2.12. The van der Waals surface area contributed by atoms with Gasteiger partial charge in [0, 0.05) is 24.9 Å². The smallest absolute Gasteiger partial charge is 0.273 e. The van der Waals surface area contributed by atoms with Crippen LogP contribution >= 0.6 is 23.7 Å². The highest BCUT2D eigenvalue weighted by Gasteiger charge is 2.16. The van der Waals surface area contributed by atoms with Gasteiger partial charge in [0.1, 0.15) is 5.69 Å². The molecule has 0 fully saturated rings. The third kappa shape index (κ3) is 4.92. The number of rotatable bonds is 7. The molecule has 104 valence electrons. The molecule has 1 rings (SSSR count). The molecule has 0 saturated carbocycles. The van der Waals surface area contributed by atoms with Crippen LogP contribution in [0.3, 0.4) is 0 Å². The number of hydrogen-bond donors (Lipinski definition) is 1. The molecular formula is C12H22ClN3OS. The van der Waals surface area contributed by atoms with Crippen LogP contribution in [0.25, 0.3) is 0 Å². The van der Waals surface area contributed by atoms with E-state index in [4.69, 9.17) is 5.73 Å². The molecule has 0 spiro atoms. The SMILES string of the molecule is CCCCN(CC)C(=O)c1csc(CCN)n1.Cl. The summed E-state index contributed by atoms with van der Waals surface area (Å²) in [6.45, 7) is 6.26. The Bertz CT molecular complexity index is 357. The zero-order chi connectivity index (χ0) is 12.7. The summed E-state index contributed by atoms with van der Waals surface area (Å²) >= 11 is 1.52. The van der Waals surface area contributed by atoms with Gasteiger partial charge in [0.15, 0.2) is 0 Å². The number of carbonyl (C=O) groups is 1. The average Bonchev–Trinajstić information content (AvgIpc) is 2.79. The molecule has 0 bridgehead atoms. The van der Waals surface area contributed by atoms with Crippen molar-refractivity contribution in [2.75, 3.05) is 19.6 Å². The molecular weight excluding hydrogens is 270 g/mol. The quantitative estimate of drug-likeness (QED) is 0.839. The minimum absolute atomic E-state index is 0. The van der Waals surface area contributed by atoms with Crippen LogP contribution < -0.4 is 5.73 Å². The Morgan fingerprint density at radius 2 is 2.22 bits per heavy atom. The van der Waals surface area contributed by atoms with Crippen molar-refractivity contribution in [3.05, 3.63) is 16.1 Å². The first kappa shape index (κ1) is 17.4. The van der Waals surface area contributed by atoms with Crippen LogP contribution in [0.1, 0.15) is 42.2 Å². The van der Waals surface area contributed by atoms with Gasteiger partial charge in [-0.3, -0.25) is 4.79 Å². The van der Waals surface area contributed by atoms with Gasteiger partial charge in [0.05, 0.1) is 5.01 Å². The van der Waals surface area contributed by atoms with Crippen LogP contribution in [-0.2, 0) is 6.42 Å². The number of amides is 1. The van der Waals surface area contributed by atoms with Crippen molar-refractivity contribution in [1.29, 1.82) is 0 Å². The van der Waals surface area contributed by atoms with Gasteiger partial charge in [-0.15, -0.1) is 23.7 Å². The summed E-state index contributed by atoms with van der Waals surface area (Å²) in [6.07, 6.45) is 2.89. The summed E-state index contributed by atoms with van der Waals surface area (Å²) in [7, 11) is 0. The number of nitrogens with zero attached hydrogens (tertiary/aromatic N) is 2. The van der Waals surface area contributed by atoms with Crippen molar-refractivity contribution in [3.8, 4) is 0 Å². The second-order valence-electron chi connectivity index (χ2n) is 3.90. The predicted molar refractivity (Wildman–Crippen MR) is 78.6 cm³/mol. The molecule has 1 aromatic heterocycles. The van der Waals surface area contributed by atoms with Gasteiger partial charge < -0.3 is 10.6 Å². The standard InChI is InChI=1S/C12H21N3OS.ClH/c1-3-5-8-15(4-2)12(16)10-9-17-11(14-10)6-7-13;/h9H,3-8,13H2,1-2H3;1H. The molecule has 6 heteroatoms. The van der Waals surface area contributed by atoms with Crippen LogP contribution in [0, 0.1) is 0 Å². The Morgan fingerprint density at radius 1 is 1.50 bits per heavy atom. The van der Waals surface area contributed by atoms with Gasteiger partial charge in [-0.2, -0.15) is 0 Å². The largest absolute Gasteiger partial charge is 0.338 e. The van der Waals surface area contributed by atoms with Crippen LogP contribution in [0.15, 0.2) is 5.38 Å². The summed E-state index contributed by atoms with van der Waals surface area (Å²) in [5, 5.41) is 2.78. The van der Waals surface area contributed by atoms with Gasteiger partial charge >= 0.3 is 0 Å². The zero-order valence-corrected chi connectivity index (χ0v) is 12.6. The van der Waals surface area contributed by atoms with E-state index < -0.39 is 0 Å². The van der Waals surface area contributed by atoms with Crippen molar-refractivity contribution >= 4 is 29.7 Å². The minimum atomic E-state index is 0. The lowest BCUT2D eigenvalue weighted by Crippen LogP contribution is -2.32. The third-order valence-corrected chi connectivity index (χ3v) is 3.49. The summed E-state index contributed by atoms with van der Waals surface area (Å²) in [4.78, 5) is 18.3. The molecule has 2 N–H and O–H groups in total. The minimum Gasteiger partial charge on any atom is -0.338 e. The van der Waals surface area contributed by atoms with E-state index in [1.807, 2.05) is 17.2 Å². The number of halogens is 1. The van der Waals surface area contributed by atoms with E-state index in [0.717, 1.165) is 37.4 Å². The lowest BCUT2D eigenvalue weighted by Gasteiger charge is -2.19. The van der Waals surface area contributed by atoms with Crippen LogP contribution in [-0.4, -0.2) is 35.4 Å². The lowest BCUT2D eigenvalue weighted by atomic mass is 10.3. The Balaban J connectivity index is 0.00000289. The van der Waals surface area contributed by atoms with E-state index >= 15 is 0 Å². The summed E-state index contributed by atoms with van der Waals surface area (Å²) in [6, 6.07) is 0. The molecule has 0 saturated heterocycles. The third-order valence-electron chi connectivity index (χ3n) is 2.58. The maximum Gasteiger partial charge on any atom is 0.273 e. The molecule has 0 atom stereocenters. The second-order valence-corrected chi connectivity index (χ2v) is 4.85. The van der Waals surface area contributed by atoms with Crippen molar-refractivity contribution in [2.45, 2.75) is 33.1 Å². The Hall–Kier alpha value is -0.650. The Kier molecular flexibility index (Phi) is 8.97. The average molecular weight is 292 g/mol. The van der Waals surface area contributed by atoms with E-state index in [1.165, 1.54) is 11.3 Å². The fraction of sp³-hybridized carbons (Fsp3) is 0.667. The normalized spacial score (nSPS) is 9.94. The molecule has 0 radical (unpaired) electrons. The fourth-order valence-electron chi connectivity index (χ4n) is 1.56. The summed E-state index contributed by atoms with van der Waals surface area (Å²) in [5.41, 5.74) is 6.04. The monoisotopic (exact) mass is 291 g/mol. The molecule has 0 unspecified atom stereocenters. The number of aromatic nitrogens is 1. The van der Waals surface area contributed by atoms with Gasteiger partial charge in [0.2, 0.25) is 0 Å². The van der Waals surface area contributed by atoms with Gasteiger partial charge in [-0.05, 0) is 19.9 Å². The van der Waals surface area contributed by atoms with Gasteiger partial charge in [-0.25, -0.2) is 4.98 Å². The van der Waals surface area contributed by atoms with E-state index in [-0.39, 0.29) is 18.3 Å².